The van der Waals surface area contributed by atoms with Crippen molar-refractivity contribution in [1.29, 1.82) is 0 Å². The van der Waals surface area contributed by atoms with E-state index < -0.39 is 0 Å². The van der Waals surface area contributed by atoms with Crippen LogP contribution in [0.5, 0.6) is 0 Å². The summed E-state index contributed by atoms with van der Waals surface area (Å²) < 4.78 is 3.79. The number of anilines is 2. The van der Waals surface area contributed by atoms with Crippen LogP contribution in [0, 0.1) is 5.92 Å². The fourth-order valence-electron chi connectivity index (χ4n) is 5.54. The third-order valence-electron chi connectivity index (χ3n) is 7.71. The second-order valence-electron chi connectivity index (χ2n) is 10.8. The number of hydrogen-bond acceptors (Lipinski definition) is 5. The number of nitrogens with zero attached hydrogens (tertiary/aromatic N) is 5. The molecule has 0 radical (unpaired) electrons. The van der Waals surface area contributed by atoms with Crippen LogP contribution in [0.2, 0.25) is 0 Å². The maximum Gasteiger partial charge on any atom is 0.276 e. The summed E-state index contributed by atoms with van der Waals surface area (Å²) in [4.78, 5) is 25.2. The van der Waals surface area contributed by atoms with Gasteiger partial charge in [-0.3, -0.25) is 9.79 Å². The topological polar surface area (TPSA) is 67.5 Å². The van der Waals surface area contributed by atoms with Gasteiger partial charge in [-0.15, -0.1) is 0 Å². The van der Waals surface area contributed by atoms with Crippen LogP contribution in [0.25, 0.3) is 10.9 Å². The maximum absolute atomic E-state index is 13.3. The van der Waals surface area contributed by atoms with Gasteiger partial charge in [-0.25, -0.2) is 14.3 Å². The molecule has 1 N–H and O–H groups in total. The first kappa shape index (κ1) is 22.3. The zero-order chi connectivity index (χ0) is 24.3. The quantitative estimate of drug-likeness (QED) is 0.595. The fourth-order valence-corrected chi connectivity index (χ4v) is 5.54. The fraction of sp³-hybridized carbons (Fsp3) is 0.464. The zero-order valence-electron chi connectivity index (χ0n) is 21.0. The summed E-state index contributed by atoms with van der Waals surface area (Å²) in [5.41, 5.74) is 4.69. The largest absolute Gasteiger partial charge is 0.340 e. The molecule has 1 saturated carbocycles. The normalized spacial score (nSPS) is 21.7. The number of hydrogen-bond donors (Lipinski definition) is 1. The van der Waals surface area contributed by atoms with Gasteiger partial charge >= 0.3 is 0 Å². The van der Waals surface area contributed by atoms with Crippen LogP contribution < -0.4 is 10.9 Å². The maximum atomic E-state index is 13.3. The van der Waals surface area contributed by atoms with Crippen LogP contribution in [0.4, 0.5) is 11.5 Å². The molecule has 2 atom stereocenters. The summed E-state index contributed by atoms with van der Waals surface area (Å²) in [5.74, 6) is 2.22. The van der Waals surface area contributed by atoms with Gasteiger partial charge in [-0.05, 0) is 95.3 Å². The van der Waals surface area contributed by atoms with Crippen molar-refractivity contribution in [2.24, 2.45) is 10.9 Å². The number of aromatic nitrogens is 3. The average Bonchev–Trinajstić information content (AvgIpc) is 3.50. The second kappa shape index (κ2) is 8.48. The molecule has 0 bridgehead atoms. The summed E-state index contributed by atoms with van der Waals surface area (Å²) >= 11 is 0. The van der Waals surface area contributed by atoms with Gasteiger partial charge < -0.3 is 10.2 Å². The molecule has 1 aliphatic heterocycles. The Bertz CT molecular complexity index is 1400. The van der Waals surface area contributed by atoms with E-state index in [1.165, 1.54) is 30.4 Å². The van der Waals surface area contributed by atoms with E-state index in [0.717, 1.165) is 35.7 Å². The predicted molar refractivity (Wildman–Crippen MR) is 142 cm³/mol. The highest BCUT2D eigenvalue weighted by Crippen LogP contribution is 2.37. The number of benzene rings is 1. The summed E-state index contributed by atoms with van der Waals surface area (Å²) in [7, 11) is 4.33. The first-order valence-electron chi connectivity index (χ1n) is 12.8. The molecular weight excluding hydrogens is 436 g/mol. The van der Waals surface area contributed by atoms with Crippen molar-refractivity contribution in [3.8, 4) is 0 Å². The number of rotatable bonds is 5. The highest BCUT2D eigenvalue weighted by Gasteiger charge is 2.32. The Labute approximate surface area is 206 Å². The molecule has 1 fully saturated rings. The second-order valence-corrected chi connectivity index (χ2v) is 10.8. The zero-order valence-corrected chi connectivity index (χ0v) is 21.0. The van der Waals surface area contributed by atoms with E-state index in [0.29, 0.717) is 17.3 Å². The molecule has 3 aromatic rings. The van der Waals surface area contributed by atoms with E-state index in [4.69, 9.17) is 4.99 Å². The smallest absolute Gasteiger partial charge is 0.276 e. The van der Waals surface area contributed by atoms with Crippen LogP contribution >= 0.6 is 0 Å². The minimum atomic E-state index is -0.0245. The number of fused-ring (bicyclic) bond motifs is 2. The molecule has 6 rings (SSSR count). The van der Waals surface area contributed by atoms with Gasteiger partial charge in [-0.2, -0.15) is 0 Å². The van der Waals surface area contributed by atoms with Crippen molar-refractivity contribution in [1.82, 2.24) is 19.2 Å². The van der Waals surface area contributed by atoms with Crippen molar-refractivity contribution >= 4 is 28.2 Å². The third-order valence-corrected chi connectivity index (χ3v) is 7.71. The van der Waals surface area contributed by atoms with Crippen LogP contribution in [-0.4, -0.2) is 51.3 Å². The Balaban J connectivity index is 1.37. The molecular formula is C28H34N6O. The lowest BCUT2D eigenvalue weighted by Crippen LogP contribution is -2.33. The molecule has 7 heteroatoms. The van der Waals surface area contributed by atoms with Crippen molar-refractivity contribution in [3.05, 3.63) is 64.1 Å². The van der Waals surface area contributed by atoms with Crippen LogP contribution in [0.3, 0.4) is 0 Å². The first-order chi connectivity index (χ1) is 16.9. The number of aliphatic imine (C=N–C) groups is 1. The van der Waals surface area contributed by atoms with Crippen molar-refractivity contribution in [3.63, 3.8) is 0 Å². The average molecular weight is 471 g/mol. The van der Waals surface area contributed by atoms with Gasteiger partial charge in [0.1, 0.15) is 11.7 Å². The number of likely N-dealkylation sites (N-methyl/N-ethyl adjacent to an activating group) is 1. The van der Waals surface area contributed by atoms with Crippen LogP contribution in [-0.2, 0) is 12.8 Å². The Morgan fingerprint density at radius 3 is 2.69 bits per heavy atom. The molecule has 1 aromatic carbocycles. The molecule has 0 saturated heterocycles. The van der Waals surface area contributed by atoms with Crippen molar-refractivity contribution < 1.29 is 0 Å². The van der Waals surface area contributed by atoms with Gasteiger partial charge in [-0.1, -0.05) is 12.1 Å². The predicted octanol–water partition coefficient (Wildman–Crippen LogP) is 4.54. The van der Waals surface area contributed by atoms with Crippen LogP contribution in [0.15, 0.2) is 52.4 Å². The molecule has 0 amide bonds. The highest BCUT2D eigenvalue weighted by atomic mass is 16.1. The van der Waals surface area contributed by atoms with E-state index in [1.54, 1.807) is 10.9 Å². The van der Waals surface area contributed by atoms with E-state index in [2.05, 4.69) is 59.6 Å². The Morgan fingerprint density at radius 2 is 1.94 bits per heavy atom. The summed E-state index contributed by atoms with van der Waals surface area (Å²) in [6.45, 7) is 4.07. The number of pyridine rings is 1. The monoisotopic (exact) mass is 470 g/mol. The van der Waals surface area contributed by atoms with Gasteiger partial charge in [0.2, 0.25) is 0 Å². The van der Waals surface area contributed by atoms with Crippen molar-refractivity contribution in [2.75, 3.05) is 19.4 Å². The van der Waals surface area contributed by atoms with Crippen LogP contribution in [0.1, 0.15) is 50.3 Å². The van der Waals surface area contributed by atoms with E-state index >= 15 is 0 Å². The summed E-state index contributed by atoms with van der Waals surface area (Å²) in [5, 5.41) is 4.12. The molecule has 0 spiro atoms. The number of allylic oxidation sites excluding steroid dienone is 1. The van der Waals surface area contributed by atoms with Gasteiger partial charge in [0, 0.05) is 30.0 Å². The standard InChI is InChI=1S/C28H34N6O/c1-17(2)33-28(35)23-16-29-26(15-25(23)34(33)27-12-11-24(31-27)19-5-6-19)30-21-9-7-18-8-10-22(32(3)4)14-20(18)13-21/h7,9,11-13,15-17,19,22,24H,5-6,8,10,14H2,1-4H3,(H,29,30). The SMILES string of the molecule is CC(C)n1c(=O)c2cnc(Nc3ccc4c(c3)CC(N(C)C)CC4)cc2n1C1=NC(C2CC2)C=C1. The third kappa shape index (κ3) is 4.01. The molecule has 7 nitrogen and oxygen atoms in total. The number of nitrogens with one attached hydrogen (secondary N) is 1. The molecule has 2 aromatic heterocycles. The minimum absolute atomic E-state index is 0.00710. The van der Waals surface area contributed by atoms with E-state index in [1.807, 2.05) is 24.6 Å². The van der Waals surface area contributed by atoms with Gasteiger partial charge in [0.25, 0.3) is 5.56 Å². The van der Waals surface area contributed by atoms with E-state index in [-0.39, 0.29) is 17.6 Å². The highest BCUT2D eigenvalue weighted by molar-refractivity contribution is 6.02. The lowest BCUT2D eigenvalue weighted by Gasteiger charge is -2.30. The van der Waals surface area contributed by atoms with Crippen molar-refractivity contribution in [2.45, 2.75) is 64.1 Å². The Hall–Kier alpha value is -3.19. The Kier molecular flexibility index (Phi) is 5.40. The number of aryl methyl sites for hydroxylation is 1. The molecule has 2 aliphatic carbocycles. The molecule has 35 heavy (non-hydrogen) atoms. The Morgan fingerprint density at radius 1 is 1.11 bits per heavy atom. The lowest BCUT2D eigenvalue weighted by atomic mass is 9.87. The molecule has 3 heterocycles. The molecule has 182 valence electrons. The summed E-state index contributed by atoms with van der Waals surface area (Å²) in [6, 6.07) is 9.44. The molecule has 2 unspecified atom stereocenters. The lowest BCUT2D eigenvalue weighted by molar-refractivity contribution is 0.268. The minimum Gasteiger partial charge on any atom is -0.340 e. The molecule has 3 aliphatic rings. The first-order valence-corrected chi connectivity index (χ1v) is 12.8. The van der Waals surface area contributed by atoms with Gasteiger partial charge in [0.15, 0.2) is 0 Å². The van der Waals surface area contributed by atoms with E-state index in [9.17, 15) is 4.79 Å². The van der Waals surface area contributed by atoms with Gasteiger partial charge in [0.05, 0.1) is 16.9 Å². The summed E-state index contributed by atoms with van der Waals surface area (Å²) in [6.07, 6.45) is 11.8.